The van der Waals surface area contributed by atoms with Crippen LogP contribution >= 0.6 is 0 Å². The molecule has 0 unspecified atom stereocenters. The maximum Gasteiger partial charge on any atom is 0.0974 e. The van der Waals surface area contributed by atoms with Crippen LogP contribution in [0, 0.1) is 0 Å². The number of rotatable bonds is 6. The highest BCUT2D eigenvalue weighted by Gasteiger charge is 2.10. The number of quaternary nitrogens is 1. The minimum atomic E-state index is 0. The summed E-state index contributed by atoms with van der Waals surface area (Å²) >= 11 is 0. The fraction of sp³-hybridized carbons (Fsp3) is 0.714. The average molecular weight is 229 g/mol. The van der Waals surface area contributed by atoms with Gasteiger partial charge in [-0.05, 0) is 38.8 Å². The Morgan fingerprint density at radius 3 is 1.75 bits per heavy atom. The largest absolute Gasteiger partial charge is 1.00 e. The van der Waals surface area contributed by atoms with Crippen molar-refractivity contribution in [1.82, 2.24) is 0 Å². The van der Waals surface area contributed by atoms with Gasteiger partial charge in [-0.2, -0.15) is 0 Å². The van der Waals surface area contributed by atoms with Gasteiger partial charge in [0.1, 0.15) is 0 Å². The van der Waals surface area contributed by atoms with Gasteiger partial charge in [-0.3, -0.25) is 0 Å². The number of allylic oxidation sites excluding steroid dienone is 2. The summed E-state index contributed by atoms with van der Waals surface area (Å²) in [6.07, 6.45) is 7.13. The Hall–Kier alpha value is -0.630. The maximum atomic E-state index is 2.42. The second kappa shape index (κ2) is 8.51. The van der Waals surface area contributed by atoms with Crippen molar-refractivity contribution in [2.75, 3.05) is 27.2 Å². The zero-order valence-corrected chi connectivity index (χ0v) is 11.8. The molecule has 0 fully saturated rings. The predicted molar refractivity (Wildman–Crippen MR) is 69.9 cm³/mol. The van der Waals surface area contributed by atoms with Crippen LogP contribution in [0.15, 0.2) is 23.3 Å². The first-order chi connectivity index (χ1) is 6.91. The number of halogens is 1. The molecule has 0 aliphatic carbocycles. The Morgan fingerprint density at radius 2 is 1.38 bits per heavy atom. The summed E-state index contributed by atoms with van der Waals surface area (Å²) in [6, 6.07) is 0. The molecule has 0 bridgehead atoms. The van der Waals surface area contributed by atoms with Crippen LogP contribution < -0.4 is 4.70 Å². The highest BCUT2D eigenvalue weighted by Crippen LogP contribution is 2.08. The lowest BCUT2D eigenvalue weighted by atomic mass is 10.1. The summed E-state index contributed by atoms with van der Waals surface area (Å²) in [5.74, 6) is 0. The average Bonchev–Trinajstić information content (AvgIpc) is 2.17. The van der Waals surface area contributed by atoms with Crippen molar-refractivity contribution in [2.24, 2.45) is 0 Å². The number of likely N-dealkylation sites (N-methyl/N-ethyl adjacent to an activating group) is 1. The van der Waals surface area contributed by atoms with Crippen LogP contribution in [-0.4, -0.2) is 31.7 Å². The van der Waals surface area contributed by atoms with Crippen LogP contribution in [-0.2, 0) is 0 Å². The van der Waals surface area contributed by atoms with E-state index in [-0.39, 0.29) is 4.70 Å². The number of hydrogen-bond donors (Lipinski definition) is 0. The Morgan fingerprint density at radius 1 is 0.938 bits per heavy atom. The second-order valence-corrected chi connectivity index (χ2v) is 5.15. The van der Waals surface area contributed by atoms with Gasteiger partial charge < -0.3 is 9.19 Å². The molecule has 0 aromatic rings. The topological polar surface area (TPSA) is 0 Å². The van der Waals surface area contributed by atoms with Gasteiger partial charge in [-0.25, -0.2) is 0 Å². The molecule has 0 aliphatic heterocycles. The summed E-state index contributed by atoms with van der Waals surface area (Å²) in [5.41, 5.74) is 3.00. The third-order valence-corrected chi connectivity index (χ3v) is 2.78. The van der Waals surface area contributed by atoms with Crippen molar-refractivity contribution in [3.05, 3.63) is 23.3 Å². The van der Waals surface area contributed by atoms with Crippen LogP contribution in [0.1, 0.15) is 40.5 Å². The van der Waals surface area contributed by atoms with E-state index in [0.717, 1.165) is 17.6 Å². The Bertz CT molecular complexity index is 229. The standard InChI is InChI=1S/C14H28N.FH/c1-7-14(8-2)10-12-15(5,6)11-9-13(3)4;/h9-10H,7-8,11-12H2,1-6H3;1H/q+1;/p-1. The summed E-state index contributed by atoms with van der Waals surface area (Å²) in [4.78, 5) is 0. The van der Waals surface area contributed by atoms with Crippen molar-refractivity contribution in [1.29, 1.82) is 0 Å². The normalized spacial score (nSPS) is 10.4. The van der Waals surface area contributed by atoms with Gasteiger partial charge in [0, 0.05) is 0 Å². The number of nitrogens with zero attached hydrogens (tertiary/aromatic N) is 1. The van der Waals surface area contributed by atoms with E-state index in [1.165, 1.54) is 18.4 Å². The Balaban J connectivity index is 0. The van der Waals surface area contributed by atoms with Crippen molar-refractivity contribution in [3.8, 4) is 0 Å². The lowest BCUT2D eigenvalue weighted by molar-refractivity contribution is -0.878. The molecule has 0 spiro atoms. The van der Waals surface area contributed by atoms with E-state index in [1.807, 2.05) is 0 Å². The predicted octanol–water partition coefficient (Wildman–Crippen LogP) is 0.779. The second-order valence-electron chi connectivity index (χ2n) is 5.15. The van der Waals surface area contributed by atoms with Crippen LogP contribution in [0.5, 0.6) is 0 Å². The van der Waals surface area contributed by atoms with E-state index in [1.54, 1.807) is 5.57 Å². The summed E-state index contributed by atoms with van der Waals surface area (Å²) in [6.45, 7) is 11.1. The van der Waals surface area contributed by atoms with E-state index >= 15 is 0 Å². The lowest BCUT2D eigenvalue weighted by Gasteiger charge is -2.27. The molecule has 0 aliphatic rings. The third kappa shape index (κ3) is 8.66. The van der Waals surface area contributed by atoms with Crippen molar-refractivity contribution < 1.29 is 9.19 Å². The molecule has 1 nitrogen and oxygen atoms in total. The molecule has 16 heavy (non-hydrogen) atoms. The van der Waals surface area contributed by atoms with Crippen LogP contribution in [0.2, 0.25) is 0 Å². The van der Waals surface area contributed by atoms with Crippen LogP contribution in [0.4, 0.5) is 0 Å². The van der Waals surface area contributed by atoms with Crippen molar-refractivity contribution in [2.45, 2.75) is 40.5 Å². The minimum Gasteiger partial charge on any atom is -1.00 e. The summed E-state index contributed by atoms with van der Waals surface area (Å²) < 4.78 is 1.05. The molecule has 0 aromatic carbocycles. The van der Waals surface area contributed by atoms with Gasteiger partial charge in [-0.1, -0.05) is 25.0 Å². The molecule has 0 atom stereocenters. The fourth-order valence-corrected chi connectivity index (χ4v) is 1.42. The van der Waals surface area contributed by atoms with Gasteiger partial charge >= 0.3 is 0 Å². The fourth-order valence-electron chi connectivity index (χ4n) is 1.42. The molecule has 0 rings (SSSR count). The highest BCUT2D eigenvalue weighted by atomic mass is 19.0. The van der Waals surface area contributed by atoms with E-state index in [9.17, 15) is 0 Å². The molecule has 0 saturated heterocycles. The molecule has 2 heteroatoms. The van der Waals surface area contributed by atoms with Gasteiger partial charge in [-0.15, -0.1) is 0 Å². The first kappa shape index (κ1) is 17.8. The SMILES string of the molecule is CCC(=CC[N+](C)(C)CC=C(C)C)CC.[F-]. The lowest BCUT2D eigenvalue weighted by Crippen LogP contribution is -3.00. The third-order valence-electron chi connectivity index (χ3n) is 2.78. The van der Waals surface area contributed by atoms with E-state index in [4.69, 9.17) is 0 Å². The molecule has 0 aromatic heterocycles. The summed E-state index contributed by atoms with van der Waals surface area (Å²) in [5, 5.41) is 0. The molecule has 0 saturated carbocycles. The van der Waals surface area contributed by atoms with Gasteiger partial charge in [0.25, 0.3) is 0 Å². The van der Waals surface area contributed by atoms with Gasteiger partial charge in [0.05, 0.1) is 27.2 Å². The Labute approximate surface area is 101 Å². The molecule has 96 valence electrons. The van der Waals surface area contributed by atoms with Crippen LogP contribution in [0.3, 0.4) is 0 Å². The molecule has 0 radical (unpaired) electrons. The summed E-state index contributed by atoms with van der Waals surface area (Å²) in [7, 11) is 4.58. The maximum absolute atomic E-state index is 2.42. The Kier molecular flexibility index (Phi) is 9.45. The minimum absolute atomic E-state index is 0. The number of hydrogen-bond acceptors (Lipinski definition) is 0. The first-order valence-electron chi connectivity index (χ1n) is 6.04. The molecule has 0 N–H and O–H groups in total. The monoisotopic (exact) mass is 229 g/mol. The molecule has 0 amide bonds. The molecular formula is C14H28FN. The zero-order valence-electron chi connectivity index (χ0n) is 11.8. The first-order valence-corrected chi connectivity index (χ1v) is 6.04. The quantitative estimate of drug-likeness (QED) is 0.466. The van der Waals surface area contributed by atoms with E-state index in [2.05, 4.69) is 53.9 Å². The van der Waals surface area contributed by atoms with Crippen molar-refractivity contribution in [3.63, 3.8) is 0 Å². The zero-order chi connectivity index (χ0) is 11.9. The molecule has 0 heterocycles. The van der Waals surface area contributed by atoms with E-state index < -0.39 is 0 Å². The van der Waals surface area contributed by atoms with Crippen LogP contribution in [0.25, 0.3) is 0 Å². The van der Waals surface area contributed by atoms with Gasteiger partial charge in [0.2, 0.25) is 0 Å². The van der Waals surface area contributed by atoms with E-state index in [0.29, 0.717) is 0 Å². The van der Waals surface area contributed by atoms with Crippen molar-refractivity contribution >= 4 is 0 Å². The van der Waals surface area contributed by atoms with Gasteiger partial charge in [0.15, 0.2) is 0 Å². The highest BCUT2D eigenvalue weighted by molar-refractivity contribution is 5.00. The molecular weight excluding hydrogens is 201 g/mol. The smallest absolute Gasteiger partial charge is 0.0974 e.